The van der Waals surface area contributed by atoms with Gasteiger partial charge in [-0.1, -0.05) is 35.9 Å². The molecule has 2 N–H and O–H groups in total. The number of hydrogen-bond donors (Lipinski definition) is 2. The van der Waals surface area contributed by atoms with Crippen molar-refractivity contribution in [3.63, 3.8) is 0 Å². The smallest absolute Gasteiger partial charge is 0.251 e. The quantitative estimate of drug-likeness (QED) is 0.867. The highest BCUT2D eigenvalue weighted by Crippen LogP contribution is 2.34. The van der Waals surface area contributed by atoms with Crippen LogP contribution >= 0.6 is 11.6 Å². The summed E-state index contributed by atoms with van der Waals surface area (Å²) in [6.45, 7) is 2.21. The molecular weight excluding hydrogens is 352 g/mol. The molecule has 0 fully saturated rings. The summed E-state index contributed by atoms with van der Waals surface area (Å²) in [4.78, 5) is 26.6. The van der Waals surface area contributed by atoms with Crippen LogP contribution < -0.4 is 10.2 Å². The van der Waals surface area contributed by atoms with Gasteiger partial charge >= 0.3 is 0 Å². The van der Waals surface area contributed by atoms with Crippen LogP contribution in [0.5, 0.6) is 0 Å². The van der Waals surface area contributed by atoms with Crippen molar-refractivity contribution in [1.29, 1.82) is 0 Å². The molecule has 5 nitrogen and oxygen atoms in total. The molecular formula is C20H19ClN2O3. The number of carbonyl (C=O) groups excluding carboxylic acids is 2. The van der Waals surface area contributed by atoms with Crippen LogP contribution in [0.1, 0.15) is 23.1 Å². The van der Waals surface area contributed by atoms with Gasteiger partial charge in [-0.25, -0.2) is 0 Å². The maximum atomic E-state index is 12.9. The Labute approximate surface area is 156 Å². The summed E-state index contributed by atoms with van der Waals surface area (Å²) in [6.07, 6.45) is -0.181. The molecule has 0 unspecified atom stereocenters. The molecule has 2 aromatic rings. The van der Waals surface area contributed by atoms with E-state index < -0.39 is 5.91 Å². The number of rotatable bonds is 3. The van der Waals surface area contributed by atoms with Crippen molar-refractivity contribution in [2.75, 3.05) is 11.9 Å². The maximum absolute atomic E-state index is 12.9. The Kier molecular flexibility index (Phi) is 5.00. The number of aliphatic hydroxyl groups is 1. The first-order chi connectivity index (χ1) is 12.4. The Hall–Kier alpha value is -2.79. The van der Waals surface area contributed by atoms with E-state index >= 15 is 0 Å². The Bertz CT molecular complexity index is 921. The minimum absolute atomic E-state index is 0.0642. The van der Waals surface area contributed by atoms with Crippen molar-refractivity contribution in [2.45, 2.75) is 19.9 Å². The maximum Gasteiger partial charge on any atom is 0.251 e. The molecule has 2 aromatic carbocycles. The summed E-state index contributed by atoms with van der Waals surface area (Å²) < 4.78 is 0. The summed E-state index contributed by atoms with van der Waals surface area (Å²) >= 11 is 6.20. The molecule has 134 valence electrons. The molecule has 0 radical (unpaired) electrons. The topological polar surface area (TPSA) is 69.6 Å². The molecule has 3 rings (SSSR count). The molecule has 0 aromatic heterocycles. The molecule has 0 saturated heterocycles. The van der Waals surface area contributed by atoms with Gasteiger partial charge in [-0.05, 0) is 36.2 Å². The number of benzene rings is 2. The molecule has 1 aliphatic heterocycles. The van der Waals surface area contributed by atoms with Crippen LogP contribution in [-0.4, -0.2) is 24.0 Å². The van der Waals surface area contributed by atoms with Crippen molar-refractivity contribution in [2.24, 2.45) is 0 Å². The molecule has 0 saturated carbocycles. The van der Waals surface area contributed by atoms with Gasteiger partial charge in [-0.2, -0.15) is 0 Å². The van der Waals surface area contributed by atoms with Crippen molar-refractivity contribution in [1.82, 2.24) is 5.32 Å². The number of aryl methyl sites for hydroxylation is 1. The second kappa shape index (κ2) is 7.22. The first-order valence-electron chi connectivity index (χ1n) is 8.21. The summed E-state index contributed by atoms with van der Waals surface area (Å²) in [5.74, 6) is -0.902. The number of anilines is 1. The standard InChI is InChI=1S/C20H19ClN2O3/c1-12-7-8-13(9-16(12)21)11-23-17-6-4-3-5-14(17)19(25)15(10-18(23)24)20(26)22-2/h3-9,25H,10-11H2,1-2H3,(H,22,26). The molecule has 6 heteroatoms. The molecule has 0 spiro atoms. The Morgan fingerprint density at radius 1 is 1.27 bits per heavy atom. The number of halogens is 1. The van der Waals surface area contributed by atoms with Gasteiger partial charge in [0.1, 0.15) is 5.76 Å². The highest BCUT2D eigenvalue weighted by atomic mass is 35.5. The number of fused-ring (bicyclic) bond motifs is 1. The Morgan fingerprint density at radius 2 is 2.00 bits per heavy atom. The van der Waals surface area contributed by atoms with Crippen LogP contribution in [0.2, 0.25) is 5.02 Å². The van der Waals surface area contributed by atoms with Crippen molar-refractivity contribution < 1.29 is 14.7 Å². The zero-order valence-electron chi connectivity index (χ0n) is 14.5. The van der Waals surface area contributed by atoms with Crippen LogP contribution in [0.25, 0.3) is 5.76 Å². The first kappa shape index (κ1) is 18.0. The number of carbonyl (C=O) groups is 2. The first-order valence-corrected chi connectivity index (χ1v) is 8.59. The van der Waals surface area contributed by atoms with E-state index in [1.807, 2.05) is 25.1 Å². The second-order valence-electron chi connectivity index (χ2n) is 6.16. The summed E-state index contributed by atoms with van der Waals surface area (Å²) in [7, 11) is 1.47. The number of amides is 2. The monoisotopic (exact) mass is 370 g/mol. The fourth-order valence-corrected chi connectivity index (χ4v) is 3.17. The van der Waals surface area contributed by atoms with Gasteiger partial charge in [-0.15, -0.1) is 0 Å². The molecule has 1 aliphatic rings. The lowest BCUT2D eigenvalue weighted by atomic mass is 10.1. The fourth-order valence-electron chi connectivity index (χ4n) is 2.97. The van der Waals surface area contributed by atoms with Gasteiger partial charge in [0.05, 0.1) is 24.2 Å². The normalized spacial score (nSPS) is 14.1. The molecule has 0 bridgehead atoms. The number of likely N-dealkylation sites (N-methyl/N-ethyl adjacent to an activating group) is 1. The predicted molar refractivity (Wildman–Crippen MR) is 102 cm³/mol. The van der Waals surface area contributed by atoms with E-state index in [1.54, 1.807) is 29.2 Å². The number of hydrogen-bond acceptors (Lipinski definition) is 3. The SMILES string of the molecule is CNC(=O)C1=C(O)c2ccccc2N(Cc2ccc(C)c(Cl)c2)C(=O)C1. The predicted octanol–water partition coefficient (Wildman–Crippen LogP) is 3.60. The molecule has 0 aliphatic carbocycles. The minimum atomic E-state index is -0.467. The molecule has 0 atom stereocenters. The minimum Gasteiger partial charge on any atom is -0.507 e. The third kappa shape index (κ3) is 3.30. The van der Waals surface area contributed by atoms with Crippen LogP contribution in [0.15, 0.2) is 48.0 Å². The van der Waals surface area contributed by atoms with Crippen LogP contribution in [-0.2, 0) is 16.1 Å². The van der Waals surface area contributed by atoms with E-state index in [9.17, 15) is 14.7 Å². The van der Waals surface area contributed by atoms with E-state index in [1.165, 1.54) is 7.05 Å². The lowest BCUT2D eigenvalue weighted by Gasteiger charge is -2.23. The Balaban J connectivity index is 2.06. The van der Waals surface area contributed by atoms with Gasteiger partial charge in [-0.3, -0.25) is 9.59 Å². The zero-order valence-corrected chi connectivity index (χ0v) is 15.3. The third-order valence-electron chi connectivity index (χ3n) is 4.44. The summed E-state index contributed by atoms with van der Waals surface area (Å²) in [5.41, 5.74) is 2.90. The summed E-state index contributed by atoms with van der Waals surface area (Å²) in [5, 5.41) is 13.7. The highest BCUT2D eigenvalue weighted by Gasteiger charge is 2.30. The third-order valence-corrected chi connectivity index (χ3v) is 4.85. The molecule has 26 heavy (non-hydrogen) atoms. The van der Waals surface area contributed by atoms with Crippen LogP contribution in [0.4, 0.5) is 5.69 Å². The van der Waals surface area contributed by atoms with Crippen molar-refractivity contribution in [3.05, 3.63) is 69.8 Å². The lowest BCUT2D eigenvalue weighted by molar-refractivity contribution is -0.121. The van der Waals surface area contributed by atoms with E-state index in [-0.39, 0.29) is 23.7 Å². The van der Waals surface area contributed by atoms with Crippen molar-refractivity contribution >= 4 is 34.9 Å². The number of nitrogens with zero attached hydrogens (tertiary/aromatic N) is 1. The lowest BCUT2D eigenvalue weighted by Crippen LogP contribution is -2.31. The van der Waals surface area contributed by atoms with Gasteiger partial charge < -0.3 is 15.3 Å². The number of aliphatic hydroxyl groups excluding tert-OH is 1. The number of para-hydroxylation sites is 1. The Morgan fingerprint density at radius 3 is 2.69 bits per heavy atom. The molecule has 1 heterocycles. The fraction of sp³-hybridized carbons (Fsp3) is 0.200. The van der Waals surface area contributed by atoms with E-state index in [0.29, 0.717) is 22.8 Å². The van der Waals surface area contributed by atoms with Gasteiger partial charge in [0.15, 0.2) is 0 Å². The highest BCUT2D eigenvalue weighted by molar-refractivity contribution is 6.31. The van der Waals surface area contributed by atoms with Crippen LogP contribution in [0, 0.1) is 6.92 Å². The van der Waals surface area contributed by atoms with Crippen LogP contribution in [0.3, 0.4) is 0 Å². The second-order valence-corrected chi connectivity index (χ2v) is 6.57. The average molecular weight is 371 g/mol. The summed E-state index contributed by atoms with van der Waals surface area (Å²) in [6, 6.07) is 12.6. The van der Waals surface area contributed by atoms with Gasteiger partial charge in [0.25, 0.3) is 5.91 Å². The van der Waals surface area contributed by atoms with E-state index in [2.05, 4.69) is 5.32 Å². The van der Waals surface area contributed by atoms with E-state index in [0.717, 1.165) is 11.1 Å². The average Bonchev–Trinajstić information content (AvgIpc) is 2.74. The van der Waals surface area contributed by atoms with Crippen molar-refractivity contribution in [3.8, 4) is 0 Å². The molecule has 2 amide bonds. The zero-order chi connectivity index (χ0) is 18.8. The van der Waals surface area contributed by atoms with Gasteiger partial charge in [0.2, 0.25) is 5.91 Å². The van der Waals surface area contributed by atoms with Gasteiger partial charge in [0, 0.05) is 17.6 Å². The largest absolute Gasteiger partial charge is 0.507 e. The van der Waals surface area contributed by atoms with E-state index in [4.69, 9.17) is 11.6 Å². The number of nitrogens with one attached hydrogen (secondary N) is 1.